The third kappa shape index (κ3) is 3.65. The maximum atomic E-state index is 13.5. The topological polar surface area (TPSA) is 42.9 Å². The summed E-state index contributed by atoms with van der Waals surface area (Å²) in [5, 5.41) is 6.94. The third-order valence-corrected chi connectivity index (χ3v) is 6.01. The Morgan fingerprint density at radius 3 is 2.64 bits per heavy atom. The molecule has 1 unspecified atom stereocenters. The van der Waals surface area contributed by atoms with Crippen LogP contribution in [0.2, 0.25) is 0 Å². The van der Waals surface area contributed by atoms with Crippen molar-refractivity contribution in [3.05, 3.63) is 35.6 Å². The van der Waals surface area contributed by atoms with E-state index in [1.165, 1.54) is 32.2 Å². The summed E-state index contributed by atoms with van der Waals surface area (Å²) >= 11 is 0. The zero-order valence-electron chi connectivity index (χ0n) is 15.0. The molecule has 5 nitrogen and oxygen atoms in total. The van der Waals surface area contributed by atoms with Gasteiger partial charge in [0.1, 0.15) is 5.82 Å². The van der Waals surface area contributed by atoms with Gasteiger partial charge in [-0.2, -0.15) is 0 Å². The maximum Gasteiger partial charge on any atom is 0.191 e. The summed E-state index contributed by atoms with van der Waals surface area (Å²) in [6, 6.07) is 7.59. The van der Waals surface area contributed by atoms with Crippen molar-refractivity contribution in [1.29, 1.82) is 0 Å². The van der Waals surface area contributed by atoms with Crippen LogP contribution >= 0.6 is 0 Å². The monoisotopic (exact) mass is 345 g/mol. The number of piperazine rings is 3. The zero-order valence-corrected chi connectivity index (χ0v) is 15.0. The molecule has 6 heteroatoms. The minimum absolute atomic E-state index is 0.0683. The van der Waals surface area contributed by atoms with Gasteiger partial charge in [-0.25, -0.2) is 4.39 Å². The number of guanidine groups is 1. The average Bonchev–Trinajstić information content (AvgIpc) is 3.44. The molecule has 1 aromatic rings. The van der Waals surface area contributed by atoms with Crippen molar-refractivity contribution < 1.29 is 4.39 Å². The predicted octanol–water partition coefficient (Wildman–Crippen LogP) is 1.02. The number of halogens is 1. The molecule has 1 atom stereocenters. The first-order chi connectivity index (χ1) is 12.2. The van der Waals surface area contributed by atoms with E-state index in [9.17, 15) is 4.39 Å². The Kier molecular flexibility index (Phi) is 4.65. The fourth-order valence-electron chi connectivity index (χ4n) is 4.14. The smallest absolute Gasteiger partial charge is 0.191 e. The first-order valence-electron chi connectivity index (χ1n) is 9.35. The molecular weight excluding hydrogens is 317 g/mol. The van der Waals surface area contributed by atoms with Crippen LogP contribution in [0.5, 0.6) is 0 Å². The molecular formula is C19H28FN5. The molecule has 136 valence electrons. The number of aliphatic imine (C=N–C) groups is 1. The molecule has 4 fully saturated rings. The number of rotatable bonds is 5. The number of fused-ring (bicyclic) bond motifs is 3. The summed E-state index contributed by atoms with van der Waals surface area (Å²) in [4.78, 5) is 9.49. The lowest BCUT2D eigenvalue weighted by molar-refractivity contribution is 0.0154. The Labute approximate surface area is 149 Å². The van der Waals surface area contributed by atoms with E-state index in [0.717, 1.165) is 44.0 Å². The number of nitrogens with zero attached hydrogens (tertiary/aromatic N) is 3. The summed E-state index contributed by atoms with van der Waals surface area (Å²) in [6.45, 7) is 7.65. The summed E-state index contributed by atoms with van der Waals surface area (Å²) < 4.78 is 13.5. The van der Waals surface area contributed by atoms with E-state index in [4.69, 9.17) is 0 Å². The fraction of sp³-hybridized carbons (Fsp3) is 0.632. The lowest BCUT2D eigenvalue weighted by Crippen LogP contribution is -2.64. The second kappa shape index (κ2) is 6.92. The van der Waals surface area contributed by atoms with Gasteiger partial charge in [-0.15, -0.1) is 0 Å². The molecule has 1 saturated carbocycles. The molecule has 0 spiro atoms. The minimum atomic E-state index is -0.150. The molecule has 3 saturated heterocycles. The SMILES string of the molecule is CN=C(NCC1CN2CCN1CC2)NCC1(c2cccc(F)c2)CC1. The van der Waals surface area contributed by atoms with Crippen LogP contribution in [-0.2, 0) is 5.41 Å². The van der Waals surface area contributed by atoms with Crippen LogP contribution in [0.15, 0.2) is 29.3 Å². The summed E-state index contributed by atoms with van der Waals surface area (Å²) in [5.41, 5.74) is 1.16. The second-order valence-electron chi connectivity index (χ2n) is 7.59. The van der Waals surface area contributed by atoms with E-state index < -0.39 is 0 Å². The van der Waals surface area contributed by atoms with Gasteiger partial charge in [0.25, 0.3) is 0 Å². The Morgan fingerprint density at radius 2 is 2.04 bits per heavy atom. The number of benzene rings is 1. The average molecular weight is 345 g/mol. The van der Waals surface area contributed by atoms with Crippen molar-refractivity contribution in [1.82, 2.24) is 20.4 Å². The summed E-state index contributed by atoms with van der Waals surface area (Å²) in [5.74, 6) is 0.697. The highest BCUT2D eigenvalue weighted by Crippen LogP contribution is 2.47. The van der Waals surface area contributed by atoms with Gasteiger partial charge >= 0.3 is 0 Å². The van der Waals surface area contributed by atoms with E-state index >= 15 is 0 Å². The highest BCUT2D eigenvalue weighted by atomic mass is 19.1. The van der Waals surface area contributed by atoms with Crippen molar-refractivity contribution in [2.45, 2.75) is 24.3 Å². The van der Waals surface area contributed by atoms with Gasteiger partial charge in [0.2, 0.25) is 0 Å². The van der Waals surface area contributed by atoms with E-state index in [1.807, 2.05) is 13.1 Å². The second-order valence-corrected chi connectivity index (χ2v) is 7.59. The molecule has 1 aliphatic carbocycles. The van der Waals surface area contributed by atoms with Gasteiger partial charge in [0.15, 0.2) is 5.96 Å². The minimum Gasteiger partial charge on any atom is -0.356 e. The number of hydrogen-bond donors (Lipinski definition) is 2. The van der Waals surface area contributed by atoms with Crippen LogP contribution in [0.1, 0.15) is 18.4 Å². The van der Waals surface area contributed by atoms with Gasteiger partial charge in [0, 0.05) is 64.3 Å². The highest BCUT2D eigenvalue weighted by molar-refractivity contribution is 5.79. The number of nitrogens with one attached hydrogen (secondary N) is 2. The van der Waals surface area contributed by atoms with Crippen molar-refractivity contribution in [3.63, 3.8) is 0 Å². The van der Waals surface area contributed by atoms with Gasteiger partial charge < -0.3 is 10.6 Å². The molecule has 1 aromatic carbocycles. The molecule has 0 aromatic heterocycles. The van der Waals surface area contributed by atoms with E-state index in [-0.39, 0.29) is 11.2 Å². The summed E-state index contributed by atoms with van der Waals surface area (Å²) in [6.07, 6.45) is 2.21. The van der Waals surface area contributed by atoms with Crippen LogP contribution in [0, 0.1) is 5.82 Å². The van der Waals surface area contributed by atoms with Crippen molar-refractivity contribution in [3.8, 4) is 0 Å². The van der Waals surface area contributed by atoms with Crippen LogP contribution in [0.4, 0.5) is 4.39 Å². The van der Waals surface area contributed by atoms with Crippen LogP contribution < -0.4 is 10.6 Å². The molecule has 4 aliphatic rings. The summed E-state index contributed by atoms with van der Waals surface area (Å²) in [7, 11) is 1.81. The van der Waals surface area contributed by atoms with E-state index in [0.29, 0.717) is 6.04 Å². The Balaban J connectivity index is 1.29. The number of hydrogen-bond acceptors (Lipinski definition) is 3. The molecule has 2 N–H and O–H groups in total. The zero-order chi connectivity index (χ0) is 17.3. The molecule has 2 bridgehead atoms. The largest absolute Gasteiger partial charge is 0.356 e. The van der Waals surface area contributed by atoms with Gasteiger partial charge in [0.05, 0.1) is 0 Å². The lowest BCUT2D eigenvalue weighted by Gasteiger charge is -2.47. The van der Waals surface area contributed by atoms with Gasteiger partial charge in [-0.1, -0.05) is 12.1 Å². The Bertz CT molecular complexity index is 634. The molecule has 0 amide bonds. The standard InChI is InChI=1S/C19H28FN5/c1-21-18(22-12-17-13-24-7-9-25(17)10-8-24)23-14-19(5-6-19)15-3-2-4-16(20)11-15/h2-4,11,17H,5-10,12-14H2,1H3,(H2,21,22,23). The van der Waals surface area contributed by atoms with Crippen LogP contribution in [-0.4, -0.2) is 74.7 Å². The third-order valence-electron chi connectivity index (χ3n) is 6.01. The normalized spacial score (nSPS) is 30.2. The highest BCUT2D eigenvalue weighted by Gasteiger charge is 2.44. The molecule has 0 radical (unpaired) electrons. The quantitative estimate of drug-likeness (QED) is 0.618. The van der Waals surface area contributed by atoms with Crippen molar-refractivity contribution in [2.24, 2.45) is 4.99 Å². The van der Waals surface area contributed by atoms with Crippen molar-refractivity contribution >= 4 is 5.96 Å². The molecule has 3 heterocycles. The van der Waals surface area contributed by atoms with Crippen molar-refractivity contribution in [2.75, 3.05) is 52.9 Å². The first-order valence-corrected chi connectivity index (χ1v) is 9.35. The van der Waals surface area contributed by atoms with E-state index in [2.05, 4.69) is 25.4 Å². The fourth-order valence-corrected chi connectivity index (χ4v) is 4.14. The molecule has 25 heavy (non-hydrogen) atoms. The lowest BCUT2D eigenvalue weighted by atomic mass is 9.96. The van der Waals surface area contributed by atoms with E-state index in [1.54, 1.807) is 12.1 Å². The Morgan fingerprint density at radius 1 is 1.24 bits per heavy atom. The van der Waals surface area contributed by atoms with Gasteiger partial charge in [-0.3, -0.25) is 14.8 Å². The molecule has 5 rings (SSSR count). The predicted molar refractivity (Wildman–Crippen MR) is 98.5 cm³/mol. The Hall–Kier alpha value is -1.66. The maximum absolute atomic E-state index is 13.5. The molecule has 3 aliphatic heterocycles. The van der Waals surface area contributed by atoms with Crippen LogP contribution in [0.3, 0.4) is 0 Å². The van der Waals surface area contributed by atoms with Crippen LogP contribution in [0.25, 0.3) is 0 Å². The van der Waals surface area contributed by atoms with Gasteiger partial charge in [-0.05, 0) is 30.5 Å². The first kappa shape index (κ1) is 16.8.